The molecule has 0 bridgehead atoms. The largest absolute Gasteiger partial charge is 0.179 e. The summed E-state index contributed by atoms with van der Waals surface area (Å²) in [6.07, 6.45) is 0. The minimum atomic E-state index is -3.18. The van der Waals surface area contributed by atoms with Gasteiger partial charge in [-0.3, -0.25) is 0 Å². The van der Waals surface area contributed by atoms with Crippen LogP contribution in [0.2, 0.25) is 0 Å². The Morgan fingerprint density at radius 2 is 0.277 bits per heavy atom. The summed E-state index contributed by atoms with van der Waals surface area (Å²) in [6.45, 7) is 26.6. The molecule has 0 nitrogen and oxygen atoms in total. The Morgan fingerprint density at radius 3 is 0.438 bits per heavy atom. The summed E-state index contributed by atoms with van der Waals surface area (Å²) in [5.41, 5.74) is 30.3. The van der Waals surface area contributed by atoms with E-state index in [0.717, 1.165) is 44.5 Å². The van der Waals surface area contributed by atoms with E-state index in [-0.39, 0.29) is 0 Å². The van der Waals surface area contributed by atoms with Crippen molar-refractivity contribution >= 4 is 115 Å². The van der Waals surface area contributed by atoms with Gasteiger partial charge in [0, 0.05) is 0 Å². The number of benzene rings is 20. The predicted octanol–water partition coefficient (Wildman–Crippen LogP) is 21.9. The predicted molar refractivity (Wildman–Crippen MR) is 597 cm³/mol. The molecule has 1 aliphatic rings. The molecule has 0 atom stereocenters. The Morgan fingerprint density at radius 1 is 0.124 bits per heavy atom. The lowest BCUT2D eigenvalue weighted by Crippen LogP contribution is -2.74. The molecule has 0 saturated heterocycles. The van der Waals surface area contributed by atoms with Crippen LogP contribution < -0.4 is 83.0 Å². The Kier molecular flexibility index (Phi) is 23.7. The zero-order chi connectivity index (χ0) is 93.9. The minimum Gasteiger partial charge on any atom is -0.0619 e. The van der Waals surface area contributed by atoms with Gasteiger partial charge in [0.2, 0.25) is 0 Å². The van der Waals surface area contributed by atoms with Gasteiger partial charge in [0.25, 0.3) is 0 Å². The van der Waals surface area contributed by atoms with Crippen LogP contribution in [0.1, 0.15) is 89.0 Å². The molecule has 20 aromatic carbocycles. The molecule has 0 aliphatic heterocycles. The second-order valence-electron chi connectivity index (χ2n) is 39.2. The first-order valence-electron chi connectivity index (χ1n) is 48.5. The second-order valence-corrected chi connectivity index (χ2v) is 54.4. The fraction of sp³-hybridized carbons (Fsp3) is 0.0977. The highest BCUT2D eigenvalue weighted by Crippen LogP contribution is 2.58. The number of fused-ring (bicyclic) bond motifs is 3. The van der Waals surface area contributed by atoms with Gasteiger partial charge in [-0.15, -0.1) is 0 Å². The molecule has 4 heteroatoms. The van der Waals surface area contributed by atoms with Crippen molar-refractivity contribution in [1.29, 1.82) is 0 Å². The molecule has 20 aromatic rings. The maximum atomic E-state index is 2.63. The maximum absolute atomic E-state index is 3.18. The summed E-state index contributed by atoms with van der Waals surface area (Å²) in [5, 5.41) is 21.4. The van der Waals surface area contributed by atoms with Gasteiger partial charge in [-0.1, -0.05) is 504 Å². The summed E-state index contributed by atoms with van der Waals surface area (Å²) in [4.78, 5) is 0. The SMILES string of the molecule is Cc1ccc([Si](c2ccc(C)cc2)(c2ccc(C)cc2)c2cccc(-c3cc(-c4cccc([Si](c5ccc(C)cc5)(c5ccc(C)cc5)c5ccc(C)cc5)c4)cc(C4(c5cc(-c6cccc([Si](c7ccc(C)cc7)(c7ccc(C)cc7)c7ccc(C)cc7)c6)cc(-c6cccc([Si](c7ccc(C)cc7)(c7ccc(C)cc7)c7ccc(C)cc7)c6)c5)c5ccccc5-c5ccccc54)c3)c2)cc1. The summed E-state index contributed by atoms with van der Waals surface area (Å²) in [5.74, 6) is 0. The summed E-state index contributed by atoms with van der Waals surface area (Å²) in [6, 6.07) is 188. The van der Waals surface area contributed by atoms with E-state index >= 15 is 0 Å². The molecule has 0 fully saturated rings. The number of aryl methyl sites for hydroxylation is 12. The van der Waals surface area contributed by atoms with Crippen LogP contribution in [-0.4, -0.2) is 32.3 Å². The van der Waals surface area contributed by atoms with Crippen molar-refractivity contribution in [3.05, 3.63) is 562 Å². The van der Waals surface area contributed by atoms with E-state index in [1.807, 2.05) is 0 Å². The van der Waals surface area contributed by atoms with Crippen LogP contribution in [0.4, 0.5) is 0 Å². The smallest absolute Gasteiger partial charge is 0.0619 e. The van der Waals surface area contributed by atoms with Crippen molar-refractivity contribution in [3.63, 3.8) is 0 Å². The van der Waals surface area contributed by atoms with Crippen LogP contribution in [0.3, 0.4) is 0 Å². The van der Waals surface area contributed by atoms with Gasteiger partial charge in [-0.25, -0.2) is 0 Å². The average molecular weight is 1820 g/mol. The Balaban J connectivity index is 0.895. The zero-order valence-corrected chi connectivity index (χ0v) is 84.5. The van der Waals surface area contributed by atoms with Crippen molar-refractivity contribution in [2.24, 2.45) is 0 Å². The third-order valence-corrected chi connectivity index (χ3v) is 49.1. The highest BCUT2D eigenvalue weighted by molar-refractivity contribution is 7.22. The van der Waals surface area contributed by atoms with Crippen molar-refractivity contribution < 1.29 is 0 Å². The van der Waals surface area contributed by atoms with Crippen LogP contribution in [0.15, 0.2) is 473 Å². The minimum absolute atomic E-state index is 0.990. The molecule has 0 aromatic heterocycles. The topological polar surface area (TPSA) is 0 Å². The molecule has 21 rings (SSSR count). The van der Waals surface area contributed by atoms with E-state index in [2.05, 4.69) is 556 Å². The molecule has 0 radical (unpaired) electrons. The van der Waals surface area contributed by atoms with Crippen molar-refractivity contribution in [2.45, 2.75) is 88.5 Å². The molecule has 0 N–H and O–H groups in total. The Labute approximate surface area is 815 Å². The third-order valence-electron chi connectivity index (χ3n) is 30.0. The number of rotatable bonds is 22. The van der Waals surface area contributed by atoms with E-state index in [1.165, 1.54) is 183 Å². The first kappa shape index (κ1) is 88.8. The van der Waals surface area contributed by atoms with Crippen LogP contribution in [0.5, 0.6) is 0 Å². The van der Waals surface area contributed by atoms with Gasteiger partial charge in [0.05, 0.1) is 5.41 Å². The normalized spacial score (nSPS) is 12.4. The Hall–Kier alpha value is -14.7. The third kappa shape index (κ3) is 15.7. The first-order valence-corrected chi connectivity index (χ1v) is 56.5. The molecule has 1 aliphatic carbocycles. The quantitative estimate of drug-likeness (QED) is 0.0469. The van der Waals surface area contributed by atoms with Crippen molar-refractivity contribution in [3.8, 4) is 55.6 Å². The monoisotopic (exact) mass is 1820 g/mol. The standard InChI is InChI=1S/C133H114Si4/c1-91-33-57-113(58-34-91)134(114-59-35-92(2)36-60-114,115-61-37-93(3)38-62-115)125-25-17-21-103(87-125)107-81-108(104-22-18-26-126(88-104)135(116-63-39-94(4)40-64-116,117-65-41-95(5)42-66-117)118-67-43-96(6)44-68-118)84-111(83-107)133(131-31-15-13-29-129(131)130-30-14-16-32-132(130)133)112-85-109(105-23-19-27-127(89-105)136(119-69-45-97(7)46-70-119,120-71-47-98(8)48-72-120)121-73-49-99(9)50-74-121)82-110(86-112)106-24-20-28-128(90-106)137(122-75-51-100(10)52-76-122,123-77-53-101(11)54-78-123)124-79-55-102(12)56-80-124/h13-90H,1-12H3. The van der Waals surface area contributed by atoms with E-state index in [9.17, 15) is 0 Å². The second kappa shape index (κ2) is 36.5. The van der Waals surface area contributed by atoms with Gasteiger partial charge in [0.1, 0.15) is 0 Å². The first-order chi connectivity index (χ1) is 66.7. The van der Waals surface area contributed by atoms with Gasteiger partial charge >= 0.3 is 0 Å². The highest BCUT2D eigenvalue weighted by Gasteiger charge is 2.50. The van der Waals surface area contributed by atoms with Crippen LogP contribution in [0, 0.1) is 83.1 Å². The molecule has 0 unspecified atom stereocenters. The van der Waals surface area contributed by atoms with E-state index in [1.54, 1.807) is 0 Å². The van der Waals surface area contributed by atoms with Crippen LogP contribution in [0.25, 0.3) is 55.6 Å². The molecule has 0 spiro atoms. The van der Waals surface area contributed by atoms with Crippen molar-refractivity contribution in [1.82, 2.24) is 0 Å². The summed E-state index contributed by atoms with van der Waals surface area (Å²) < 4.78 is 0. The molecular weight excluding hydrogens is 1710 g/mol. The number of hydrogen-bond donors (Lipinski definition) is 0. The van der Waals surface area contributed by atoms with Gasteiger partial charge in [-0.2, -0.15) is 0 Å². The molecule has 0 heterocycles. The van der Waals surface area contributed by atoms with Gasteiger partial charge in [-0.05, 0) is 280 Å². The van der Waals surface area contributed by atoms with E-state index < -0.39 is 37.7 Å². The van der Waals surface area contributed by atoms with Gasteiger partial charge < -0.3 is 0 Å². The zero-order valence-electron chi connectivity index (χ0n) is 80.5. The lowest BCUT2D eigenvalue weighted by atomic mass is 9.66. The van der Waals surface area contributed by atoms with Crippen molar-refractivity contribution in [2.75, 3.05) is 0 Å². The van der Waals surface area contributed by atoms with E-state index in [4.69, 9.17) is 0 Å². The van der Waals surface area contributed by atoms with Crippen LogP contribution >= 0.6 is 0 Å². The van der Waals surface area contributed by atoms with Gasteiger partial charge in [0.15, 0.2) is 32.3 Å². The fourth-order valence-corrected chi connectivity index (χ4v) is 41.6. The molecular formula is C133H114Si4. The molecule has 662 valence electrons. The number of hydrogen-bond acceptors (Lipinski definition) is 0. The summed E-state index contributed by atoms with van der Waals surface area (Å²) in [7, 11) is -12.7. The summed E-state index contributed by atoms with van der Waals surface area (Å²) >= 11 is 0. The molecule has 137 heavy (non-hydrogen) atoms. The molecule has 0 saturated carbocycles. The lowest BCUT2D eigenvalue weighted by Gasteiger charge is -2.37. The highest BCUT2D eigenvalue weighted by atomic mass is 28.3. The lowest BCUT2D eigenvalue weighted by molar-refractivity contribution is 0.770. The maximum Gasteiger partial charge on any atom is 0.179 e. The molecule has 0 amide bonds. The van der Waals surface area contributed by atoms with Crippen LogP contribution in [-0.2, 0) is 5.41 Å². The fourth-order valence-electron chi connectivity index (χ4n) is 22.7. The van der Waals surface area contributed by atoms with E-state index in [0.29, 0.717) is 0 Å². The average Bonchev–Trinajstić information content (AvgIpc) is 1.56. The Bertz CT molecular complexity index is 6520.